The van der Waals surface area contributed by atoms with Crippen molar-refractivity contribution >= 4 is 12.6 Å². The lowest BCUT2D eigenvalue weighted by molar-refractivity contribution is 0.370. The molecule has 0 radical (unpaired) electrons. The van der Waals surface area contributed by atoms with Crippen LogP contribution in [-0.2, 0) is 0 Å². The van der Waals surface area contributed by atoms with Crippen molar-refractivity contribution in [1.29, 1.82) is 0 Å². The maximum atomic E-state index is 5.58. The van der Waals surface area contributed by atoms with Crippen LogP contribution in [0.25, 0.3) is 0 Å². The molecule has 0 aliphatic heterocycles. The standard InChI is InChI=1S/C7H17NS/c1-4-5(2)6(3)7(8)9/h5-7,9H,4,8H2,1-3H3. The van der Waals surface area contributed by atoms with Gasteiger partial charge in [0.25, 0.3) is 0 Å². The molecule has 2 N–H and O–H groups in total. The summed E-state index contributed by atoms with van der Waals surface area (Å²) in [6.07, 6.45) is 1.19. The van der Waals surface area contributed by atoms with Gasteiger partial charge in [0.1, 0.15) is 0 Å². The number of hydrogen-bond acceptors (Lipinski definition) is 2. The van der Waals surface area contributed by atoms with E-state index in [1.54, 1.807) is 0 Å². The summed E-state index contributed by atoms with van der Waals surface area (Å²) in [6, 6.07) is 0. The Morgan fingerprint density at radius 2 is 1.89 bits per heavy atom. The van der Waals surface area contributed by atoms with E-state index in [0.29, 0.717) is 11.8 Å². The molecule has 0 bridgehead atoms. The Bertz CT molecular complexity index is 73.3. The van der Waals surface area contributed by atoms with E-state index in [-0.39, 0.29) is 5.37 Å². The average Bonchev–Trinajstić information content (AvgIpc) is 1.84. The fraction of sp³-hybridized carbons (Fsp3) is 1.00. The van der Waals surface area contributed by atoms with E-state index in [2.05, 4.69) is 33.4 Å². The molecular weight excluding hydrogens is 130 g/mol. The zero-order valence-electron chi connectivity index (χ0n) is 6.46. The van der Waals surface area contributed by atoms with Crippen LogP contribution in [0.3, 0.4) is 0 Å². The normalized spacial score (nSPS) is 21.0. The van der Waals surface area contributed by atoms with Gasteiger partial charge >= 0.3 is 0 Å². The van der Waals surface area contributed by atoms with E-state index in [1.807, 2.05) is 0 Å². The molecule has 0 saturated carbocycles. The molecule has 3 unspecified atom stereocenters. The number of thiol groups is 1. The van der Waals surface area contributed by atoms with Crippen LogP contribution in [0.4, 0.5) is 0 Å². The summed E-state index contributed by atoms with van der Waals surface area (Å²) in [6.45, 7) is 6.53. The van der Waals surface area contributed by atoms with Crippen LogP contribution in [0, 0.1) is 11.8 Å². The van der Waals surface area contributed by atoms with E-state index in [1.165, 1.54) is 6.42 Å². The first-order valence-electron chi connectivity index (χ1n) is 3.53. The first kappa shape index (κ1) is 9.31. The van der Waals surface area contributed by atoms with E-state index in [9.17, 15) is 0 Å². The SMILES string of the molecule is CCC(C)C(C)C(N)S. The van der Waals surface area contributed by atoms with Gasteiger partial charge in [-0.05, 0) is 11.8 Å². The van der Waals surface area contributed by atoms with E-state index in [0.717, 1.165) is 0 Å². The molecule has 0 rings (SSSR count). The maximum absolute atomic E-state index is 5.58. The minimum absolute atomic E-state index is 0.0416. The van der Waals surface area contributed by atoms with Crippen LogP contribution in [-0.4, -0.2) is 5.37 Å². The molecule has 0 amide bonds. The van der Waals surface area contributed by atoms with Crippen molar-refractivity contribution in [3.8, 4) is 0 Å². The molecule has 9 heavy (non-hydrogen) atoms. The molecule has 1 nitrogen and oxygen atoms in total. The predicted molar refractivity (Wildman–Crippen MR) is 45.6 cm³/mol. The Morgan fingerprint density at radius 1 is 1.44 bits per heavy atom. The highest BCUT2D eigenvalue weighted by Crippen LogP contribution is 2.18. The molecule has 0 aliphatic rings. The van der Waals surface area contributed by atoms with Gasteiger partial charge in [-0.3, -0.25) is 0 Å². The second-order valence-electron chi connectivity index (χ2n) is 2.74. The summed E-state index contributed by atoms with van der Waals surface area (Å²) in [5.74, 6) is 1.22. The second-order valence-corrected chi connectivity index (χ2v) is 3.33. The fourth-order valence-electron chi connectivity index (χ4n) is 0.708. The molecule has 0 spiro atoms. The van der Waals surface area contributed by atoms with Crippen LogP contribution >= 0.6 is 12.6 Å². The van der Waals surface area contributed by atoms with Gasteiger partial charge in [-0.1, -0.05) is 27.2 Å². The van der Waals surface area contributed by atoms with Gasteiger partial charge in [-0.15, -0.1) is 0 Å². The van der Waals surface area contributed by atoms with E-state index in [4.69, 9.17) is 5.73 Å². The lowest BCUT2D eigenvalue weighted by Gasteiger charge is -2.20. The highest BCUT2D eigenvalue weighted by molar-refractivity contribution is 7.80. The fourth-order valence-corrected chi connectivity index (χ4v) is 1.00. The molecule has 2 heteroatoms. The van der Waals surface area contributed by atoms with Crippen LogP contribution in [0.5, 0.6) is 0 Å². The quantitative estimate of drug-likeness (QED) is 0.462. The Balaban J connectivity index is 3.58. The first-order valence-corrected chi connectivity index (χ1v) is 4.04. The smallest absolute Gasteiger partial charge is 0.0505 e. The van der Waals surface area contributed by atoms with Crippen molar-refractivity contribution < 1.29 is 0 Å². The Morgan fingerprint density at radius 3 is 2.00 bits per heavy atom. The van der Waals surface area contributed by atoms with Gasteiger partial charge in [0.05, 0.1) is 5.37 Å². The number of rotatable bonds is 3. The van der Waals surface area contributed by atoms with E-state index < -0.39 is 0 Å². The van der Waals surface area contributed by atoms with Crippen molar-refractivity contribution in [2.75, 3.05) is 0 Å². The van der Waals surface area contributed by atoms with Gasteiger partial charge < -0.3 is 5.73 Å². The third kappa shape index (κ3) is 3.11. The first-order chi connectivity index (χ1) is 4.09. The topological polar surface area (TPSA) is 26.0 Å². The summed E-state index contributed by atoms with van der Waals surface area (Å²) in [4.78, 5) is 0. The Kier molecular flexibility index (Phi) is 4.32. The summed E-state index contributed by atoms with van der Waals surface area (Å²) in [5, 5.41) is 0.0416. The predicted octanol–water partition coefficient (Wildman–Crippen LogP) is 1.88. The van der Waals surface area contributed by atoms with Crippen molar-refractivity contribution in [1.82, 2.24) is 0 Å². The van der Waals surface area contributed by atoms with Gasteiger partial charge in [0, 0.05) is 0 Å². The van der Waals surface area contributed by atoms with Gasteiger partial charge in [0.15, 0.2) is 0 Å². The van der Waals surface area contributed by atoms with Gasteiger partial charge in [0.2, 0.25) is 0 Å². The average molecular weight is 147 g/mol. The minimum Gasteiger partial charge on any atom is -0.319 e. The lowest BCUT2D eigenvalue weighted by Crippen LogP contribution is -2.26. The largest absolute Gasteiger partial charge is 0.319 e. The number of nitrogens with two attached hydrogens (primary N) is 1. The highest BCUT2D eigenvalue weighted by Gasteiger charge is 2.13. The number of hydrogen-bond donors (Lipinski definition) is 2. The van der Waals surface area contributed by atoms with Crippen molar-refractivity contribution in [3.63, 3.8) is 0 Å². The van der Waals surface area contributed by atoms with Crippen molar-refractivity contribution in [2.24, 2.45) is 17.6 Å². The second kappa shape index (κ2) is 4.18. The van der Waals surface area contributed by atoms with Crippen LogP contribution in [0.1, 0.15) is 27.2 Å². The zero-order chi connectivity index (χ0) is 7.44. The van der Waals surface area contributed by atoms with Crippen LogP contribution < -0.4 is 5.73 Å². The molecule has 0 aromatic heterocycles. The zero-order valence-corrected chi connectivity index (χ0v) is 7.36. The molecule has 56 valence electrons. The van der Waals surface area contributed by atoms with Gasteiger partial charge in [-0.25, -0.2) is 0 Å². The lowest BCUT2D eigenvalue weighted by atomic mass is 9.94. The van der Waals surface area contributed by atoms with Gasteiger partial charge in [-0.2, -0.15) is 12.6 Å². The summed E-state index contributed by atoms with van der Waals surface area (Å²) >= 11 is 4.16. The molecule has 0 heterocycles. The minimum atomic E-state index is 0.0416. The van der Waals surface area contributed by atoms with E-state index >= 15 is 0 Å². The highest BCUT2D eigenvalue weighted by atomic mass is 32.1. The monoisotopic (exact) mass is 147 g/mol. The molecule has 0 aliphatic carbocycles. The summed E-state index contributed by atoms with van der Waals surface area (Å²) < 4.78 is 0. The Hall–Kier alpha value is 0.310. The molecule has 0 saturated heterocycles. The Labute approximate surface area is 63.4 Å². The molecule has 0 aromatic rings. The third-order valence-corrected chi connectivity index (χ3v) is 2.55. The van der Waals surface area contributed by atoms with Crippen molar-refractivity contribution in [2.45, 2.75) is 32.6 Å². The summed E-state index contributed by atoms with van der Waals surface area (Å²) in [7, 11) is 0. The molecular formula is C7H17NS. The summed E-state index contributed by atoms with van der Waals surface area (Å²) in [5.41, 5.74) is 5.58. The maximum Gasteiger partial charge on any atom is 0.0505 e. The molecule has 0 aromatic carbocycles. The van der Waals surface area contributed by atoms with Crippen LogP contribution in [0.2, 0.25) is 0 Å². The molecule has 0 fully saturated rings. The van der Waals surface area contributed by atoms with Crippen molar-refractivity contribution in [3.05, 3.63) is 0 Å². The third-order valence-electron chi connectivity index (χ3n) is 2.08. The van der Waals surface area contributed by atoms with Crippen LogP contribution in [0.15, 0.2) is 0 Å². The molecule has 3 atom stereocenters.